The molecular weight excluding hydrogens is 247 g/mol. The Bertz CT molecular complexity index is 129. The van der Waals surface area contributed by atoms with E-state index in [2.05, 4.69) is 0 Å². The molecule has 0 aromatic heterocycles. The highest BCUT2D eigenvalue weighted by atomic mass is 31.2. The molecule has 0 aromatic rings. The fraction of sp³-hybridized carbons (Fsp3) is 1.00. The van der Waals surface area contributed by atoms with E-state index in [-0.39, 0.29) is 25.7 Å². The molecule has 0 aliphatic heterocycles. The molecule has 0 rings (SSSR count). The van der Waals surface area contributed by atoms with Crippen molar-refractivity contribution in [1.29, 1.82) is 0 Å². The molecule has 6 N–H and O–H groups in total. The van der Waals surface area contributed by atoms with E-state index in [0.717, 1.165) is 38.5 Å². The predicted molar refractivity (Wildman–Crippen MR) is 66.0 cm³/mol. The summed E-state index contributed by atoms with van der Waals surface area (Å²) in [6.07, 6.45) is 6.23. The summed E-state index contributed by atoms with van der Waals surface area (Å²) in [4.78, 5) is 21.7. The zero-order chi connectivity index (χ0) is 13.5. The molecule has 0 radical (unpaired) electrons. The molecule has 0 unspecified atom stereocenters. The molecule has 0 heterocycles. The first-order valence-corrected chi connectivity index (χ1v) is 6.97. The second kappa shape index (κ2) is 16.2. The summed E-state index contributed by atoms with van der Waals surface area (Å²) < 4.78 is 0. The van der Waals surface area contributed by atoms with Crippen LogP contribution in [0.4, 0.5) is 0 Å². The first-order chi connectivity index (χ1) is 8.08. The van der Waals surface area contributed by atoms with Crippen LogP contribution in [0.25, 0.3) is 0 Å². The van der Waals surface area contributed by atoms with Gasteiger partial charge in [0.25, 0.3) is 0 Å². The number of hydrogen-bond acceptors (Lipinski definition) is 6. The molecule has 0 amide bonds. The van der Waals surface area contributed by atoms with Crippen LogP contribution in [-0.4, -0.2) is 49.8 Å². The topological polar surface area (TPSA) is 121 Å². The standard InChI is InChI=1S/C10H22O3.H3O3P/c11-7-5-3-1-2-4-6-10(8-12)9-13;1-4(2)3/h10-13H,1-9H2;1-3H. The summed E-state index contributed by atoms with van der Waals surface area (Å²) in [5.74, 6) is 0.0674. The Morgan fingerprint density at radius 1 is 0.706 bits per heavy atom. The van der Waals surface area contributed by atoms with E-state index in [4.69, 9.17) is 30.0 Å². The van der Waals surface area contributed by atoms with Crippen LogP contribution in [0.5, 0.6) is 0 Å². The molecule has 106 valence electrons. The quantitative estimate of drug-likeness (QED) is 0.262. The van der Waals surface area contributed by atoms with Gasteiger partial charge in [0.15, 0.2) is 0 Å². The Kier molecular flexibility index (Phi) is 18.6. The molecule has 0 saturated heterocycles. The molecule has 17 heavy (non-hydrogen) atoms. The smallest absolute Gasteiger partial charge is 0.324 e. The Hall–Kier alpha value is 0.190. The molecule has 0 fully saturated rings. The van der Waals surface area contributed by atoms with Gasteiger partial charge in [0.05, 0.1) is 0 Å². The van der Waals surface area contributed by atoms with Gasteiger partial charge in [0.2, 0.25) is 0 Å². The minimum atomic E-state index is -2.62. The summed E-state index contributed by atoms with van der Waals surface area (Å²) in [6, 6.07) is 0. The third kappa shape index (κ3) is 21.9. The largest absolute Gasteiger partial charge is 0.396 e. The van der Waals surface area contributed by atoms with Crippen molar-refractivity contribution >= 4 is 8.60 Å². The van der Waals surface area contributed by atoms with Crippen LogP contribution >= 0.6 is 8.60 Å². The number of aliphatic hydroxyl groups excluding tert-OH is 3. The molecule has 0 aliphatic carbocycles. The molecule has 7 heteroatoms. The highest BCUT2D eigenvalue weighted by Gasteiger charge is 2.04. The zero-order valence-electron chi connectivity index (χ0n) is 10.1. The van der Waals surface area contributed by atoms with E-state index in [9.17, 15) is 0 Å². The van der Waals surface area contributed by atoms with Crippen LogP contribution in [0.15, 0.2) is 0 Å². The molecule has 0 saturated carbocycles. The van der Waals surface area contributed by atoms with Crippen LogP contribution in [0.2, 0.25) is 0 Å². The maximum Gasteiger partial charge on any atom is 0.324 e. The number of unbranched alkanes of at least 4 members (excludes halogenated alkanes) is 4. The molecule has 0 aliphatic rings. The SMILES string of the molecule is OCCCCCCCC(CO)CO.OP(O)O. The van der Waals surface area contributed by atoms with E-state index >= 15 is 0 Å². The third-order valence-corrected chi connectivity index (χ3v) is 2.29. The van der Waals surface area contributed by atoms with Gasteiger partial charge in [0.1, 0.15) is 0 Å². The highest BCUT2D eigenvalue weighted by Crippen LogP contribution is 2.11. The lowest BCUT2D eigenvalue weighted by Crippen LogP contribution is -2.10. The van der Waals surface area contributed by atoms with Crippen molar-refractivity contribution in [2.45, 2.75) is 38.5 Å². The summed E-state index contributed by atoms with van der Waals surface area (Å²) >= 11 is 0. The van der Waals surface area contributed by atoms with Crippen molar-refractivity contribution in [1.82, 2.24) is 0 Å². The molecule has 0 spiro atoms. The molecule has 0 aromatic carbocycles. The van der Waals surface area contributed by atoms with Crippen molar-refractivity contribution in [3.05, 3.63) is 0 Å². The first kappa shape index (κ1) is 19.5. The Morgan fingerprint density at radius 2 is 1.12 bits per heavy atom. The van der Waals surface area contributed by atoms with Gasteiger partial charge in [-0.15, -0.1) is 0 Å². The van der Waals surface area contributed by atoms with Crippen LogP contribution in [0.1, 0.15) is 38.5 Å². The van der Waals surface area contributed by atoms with Crippen LogP contribution in [-0.2, 0) is 0 Å². The van der Waals surface area contributed by atoms with Crippen LogP contribution in [0.3, 0.4) is 0 Å². The molecule has 0 bridgehead atoms. The molecule has 0 atom stereocenters. The molecule has 6 nitrogen and oxygen atoms in total. The van der Waals surface area contributed by atoms with Gasteiger partial charge < -0.3 is 30.0 Å². The molecular formula is C10H25O6P. The number of rotatable bonds is 9. The lowest BCUT2D eigenvalue weighted by Gasteiger charge is -2.09. The Balaban J connectivity index is 0. The monoisotopic (exact) mass is 272 g/mol. The number of hydrogen-bond donors (Lipinski definition) is 6. The second-order valence-electron chi connectivity index (χ2n) is 3.78. The Labute approximate surface area is 104 Å². The van der Waals surface area contributed by atoms with Gasteiger partial charge in [0, 0.05) is 25.7 Å². The van der Waals surface area contributed by atoms with Crippen molar-refractivity contribution in [3.8, 4) is 0 Å². The minimum absolute atomic E-state index is 0.0674. The van der Waals surface area contributed by atoms with Crippen molar-refractivity contribution < 1.29 is 30.0 Å². The summed E-state index contributed by atoms with van der Waals surface area (Å²) in [5.41, 5.74) is 0. The van der Waals surface area contributed by atoms with Gasteiger partial charge >= 0.3 is 8.60 Å². The first-order valence-electron chi connectivity index (χ1n) is 5.77. The van der Waals surface area contributed by atoms with E-state index < -0.39 is 8.60 Å². The Morgan fingerprint density at radius 3 is 1.53 bits per heavy atom. The fourth-order valence-corrected chi connectivity index (χ4v) is 1.32. The fourth-order valence-electron chi connectivity index (χ4n) is 1.32. The van der Waals surface area contributed by atoms with Crippen molar-refractivity contribution in [2.24, 2.45) is 5.92 Å². The van der Waals surface area contributed by atoms with Gasteiger partial charge in [-0.25, -0.2) is 0 Å². The summed E-state index contributed by atoms with van der Waals surface area (Å²) in [7, 11) is -2.62. The van der Waals surface area contributed by atoms with Gasteiger partial charge in [-0.2, -0.15) is 0 Å². The minimum Gasteiger partial charge on any atom is -0.396 e. The highest BCUT2D eigenvalue weighted by molar-refractivity contribution is 7.38. The third-order valence-electron chi connectivity index (χ3n) is 2.29. The lowest BCUT2D eigenvalue weighted by atomic mass is 10.0. The second-order valence-corrected chi connectivity index (χ2v) is 4.32. The zero-order valence-corrected chi connectivity index (χ0v) is 11.0. The number of aliphatic hydroxyl groups is 3. The predicted octanol–water partition coefficient (Wildman–Crippen LogP) is 0.110. The van der Waals surface area contributed by atoms with Crippen molar-refractivity contribution in [3.63, 3.8) is 0 Å². The van der Waals surface area contributed by atoms with E-state index in [1.165, 1.54) is 0 Å². The van der Waals surface area contributed by atoms with E-state index in [1.807, 2.05) is 0 Å². The maximum atomic E-state index is 8.77. The summed E-state index contributed by atoms with van der Waals surface area (Å²) in [6.45, 7) is 0.468. The maximum absolute atomic E-state index is 8.77. The van der Waals surface area contributed by atoms with Gasteiger partial charge in [-0.05, 0) is 12.8 Å². The van der Waals surface area contributed by atoms with Gasteiger partial charge in [-0.3, -0.25) is 0 Å². The van der Waals surface area contributed by atoms with Crippen LogP contribution in [0, 0.1) is 5.92 Å². The lowest BCUT2D eigenvalue weighted by molar-refractivity contribution is 0.141. The van der Waals surface area contributed by atoms with Crippen molar-refractivity contribution in [2.75, 3.05) is 19.8 Å². The average Bonchev–Trinajstić information content (AvgIpc) is 2.28. The average molecular weight is 272 g/mol. The van der Waals surface area contributed by atoms with E-state index in [0.29, 0.717) is 0 Å². The normalized spacial score (nSPS) is 10.6. The van der Waals surface area contributed by atoms with Crippen LogP contribution < -0.4 is 0 Å². The summed E-state index contributed by atoms with van der Waals surface area (Å²) in [5, 5.41) is 26.1. The van der Waals surface area contributed by atoms with E-state index in [1.54, 1.807) is 0 Å². The van der Waals surface area contributed by atoms with Gasteiger partial charge in [-0.1, -0.05) is 25.7 Å².